The molecule has 2 aromatic carbocycles. The van der Waals surface area contributed by atoms with Gasteiger partial charge in [-0.05, 0) is 42.0 Å². The van der Waals surface area contributed by atoms with Gasteiger partial charge in [0.1, 0.15) is 0 Å². The molecule has 1 aliphatic carbocycles. The molecule has 0 spiro atoms. The van der Waals surface area contributed by atoms with Crippen LogP contribution in [0.15, 0.2) is 78.3 Å². The molecule has 0 saturated heterocycles. The SMILES string of the molecule is O=C1CCCC2=C1C(c1ccncc1)CC(=O)N2c1cccc2ccccc12. The van der Waals surface area contributed by atoms with E-state index in [4.69, 9.17) is 0 Å². The number of aromatic nitrogens is 1. The molecule has 2 aliphatic rings. The molecule has 5 rings (SSSR count). The number of carbonyl (C=O) groups excluding carboxylic acids is 2. The van der Waals surface area contributed by atoms with Gasteiger partial charge >= 0.3 is 0 Å². The van der Waals surface area contributed by atoms with E-state index in [1.165, 1.54) is 0 Å². The highest BCUT2D eigenvalue weighted by atomic mass is 16.2. The van der Waals surface area contributed by atoms with E-state index in [1.807, 2.05) is 59.5 Å². The summed E-state index contributed by atoms with van der Waals surface area (Å²) in [6.45, 7) is 0. The van der Waals surface area contributed by atoms with E-state index < -0.39 is 0 Å². The van der Waals surface area contributed by atoms with Crippen LogP contribution in [0.1, 0.15) is 37.2 Å². The molecule has 0 bridgehead atoms. The van der Waals surface area contributed by atoms with E-state index in [0.717, 1.165) is 46.1 Å². The summed E-state index contributed by atoms with van der Waals surface area (Å²) in [7, 11) is 0. The Labute approximate surface area is 163 Å². The van der Waals surface area contributed by atoms with Crippen molar-refractivity contribution in [2.45, 2.75) is 31.6 Å². The Kier molecular flexibility index (Phi) is 4.05. The van der Waals surface area contributed by atoms with Gasteiger partial charge in [-0.2, -0.15) is 0 Å². The summed E-state index contributed by atoms with van der Waals surface area (Å²) >= 11 is 0. The minimum atomic E-state index is -0.176. The predicted molar refractivity (Wildman–Crippen MR) is 109 cm³/mol. The van der Waals surface area contributed by atoms with Crippen LogP contribution in [0.5, 0.6) is 0 Å². The number of hydrogen-bond acceptors (Lipinski definition) is 3. The molecule has 3 aromatic rings. The second-order valence-electron chi connectivity index (χ2n) is 7.40. The Morgan fingerprint density at radius 2 is 1.68 bits per heavy atom. The lowest BCUT2D eigenvalue weighted by Gasteiger charge is -2.38. The van der Waals surface area contributed by atoms with Gasteiger partial charge in [-0.25, -0.2) is 0 Å². The molecule has 1 unspecified atom stereocenters. The third-order valence-electron chi connectivity index (χ3n) is 5.79. The molecule has 0 saturated carbocycles. The van der Waals surface area contributed by atoms with Gasteiger partial charge in [0, 0.05) is 47.8 Å². The quantitative estimate of drug-likeness (QED) is 0.655. The van der Waals surface area contributed by atoms with Crippen molar-refractivity contribution in [2.75, 3.05) is 4.90 Å². The first-order chi connectivity index (χ1) is 13.7. The molecule has 4 heteroatoms. The fraction of sp³-hybridized carbons (Fsp3) is 0.208. The normalized spacial score (nSPS) is 19.9. The maximum absolute atomic E-state index is 13.3. The molecular formula is C24H20N2O2. The minimum Gasteiger partial charge on any atom is -0.294 e. The van der Waals surface area contributed by atoms with Gasteiger partial charge in [0.15, 0.2) is 5.78 Å². The number of allylic oxidation sites excluding steroid dienone is 2. The van der Waals surface area contributed by atoms with Crippen molar-refractivity contribution in [3.05, 3.63) is 83.8 Å². The highest BCUT2D eigenvalue weighted by Crippen LogP contribution is 2.44. The second-order valence-corrected chi connectivity index (χ2v) is 7.40. The van der Waals surface area contributed by atoms with Crippen molar-refractivity contribution in [2.24, 2.45) is 0 Å². The van der Waals surface area contributed by atoms with Gasteiger partial charge in [-0.3, -0.25) is 19.5 Å². The number of benzene rings is 2. The lowest BCUT2D eigenvalue weighted by Crippen LogP contribution is -2.40. The Morgan fingerprint density at radius 1 is 0.893 bits per heavy atom. The van der Waals surface area contributed by atoms with Crippen molar-refractivity contribution in [1.82, 2.24) is 4.98 Å². The number of nitrogens with zero attached hydrogens (tertiary/aromatic N) is 2. The fourth-order valence-corrected chi connectivity index (χ4v) is 4.56. The number of rotatable bonds is 2. The van der Waals surface area contributed by atoms with Crippen LogP contribution >= 0.6 is 0 Å². The molecule has 4 nitrogen and oxygen atoms in total. The molecular weight excluding hydrogens is 348 g/mol. The Hall–Kier alpha value is -3.27. The van der Waals surface area contributed by atoms with Gasteiger partial charge in [0.25, 0.3) is 0 Å². The fourth-order valence-electron chi connectivity index (χ4n) is 4.56. The largest absolute Gasteiger partial charge is 0.294 e. The summed E-state index contributed by atoms with van der Waals surface area (Å²) in [5, 5.41) is 2.12. The van der Waals surface area contributed by atoms with Crippen molar-refractivity contribution in [3.63, 3.8) is 0 Å². The van der Waals surface area contributed by atoms with Gasteiger partial charge in [-0.1, -0.05) is 36.4 Å². The maximum atomic E-state index is 13.3. The molecule has 0 fully saturated rings. The summed E-state index contributed by atoms with van der Waals surface area (Å²) in [4.78, 5) is 32.2. The first-order valence-electron chi connectivity index (χ1n) is 9.71. The molecule has 1 amide bonds. The lowest BCUT2D eigenvalue weighted by molar-refractivity contribution is -0.119. The van der Waals surface area contributed by atoms with Crippen molar-refractivity contribution < 1.29 is 9.59 Å². The van der Waals surface area contributed by atoms with Crippen LogP contribution in [0, 0.1) is 0 Å². The highest BCUT2D eigenvalue weighted by Gasteiger charge is 2.40. The van der Waals surface area contributed by atoms with E-state index in [1.54, 1.807) is 12.4 Å². The maximum Gasteiger partial charge on any atom is 0.232 e. The van der Waals surface area contributed by atoms with Crippen LogP contribution in [0.3, 0.4) is 0 Å². The van der Waals surface area contributed by atoms with E-state index in [2.05, 4.69) is 4.98 Å². The standard InChI is InChI=1S/C24H20N2O2/c27-22-10-4-9-21-24(22)19(17-11-13-25-14-12-17)15-23(28)26(21)20-8-3-6-16-5-1-2-7-18(16)20/h1-3,5-8,11-14,19H,4,9-10,15H2. The van der Waals surface area contributed by atoms with E-state index in [0.29, 0.717) is 12.8 Å². The van der Waals surface area contributed by atoms with Gasteiger partial charge in [0.05, 0.1) is 5.69 Å². The zero-order valence-corrected chi connectivity index (χ0v) is 15.5. The average Bonchev–Trinajstić information content (AvgIpc) is 2.74. The summed E-state index contributed by atoms with van der Waals surface area (Å²) < 4.78 is 0. The van der Waals surface area contributed by atoms with E-state index >= 15 is 0 Å². The number of anilines is 1. The van der Waals surface area contributed by atoms with Crippen molar-refractivity contribution in [3.8, 4) is 0 Å². The summed E-state index contributed by atoms with van der Waals surface area (Å²) in [5.41, 5.74) is 3.55. The molecule has 1 atom stereocenters. The van der Waals surface area contributed by atoms with Gasteiger partial charge < -0.3 is 0 Å². The first-order valence-corrected chi connectivity index (χ1v) is 9.71. The predicted octanol–water partition coefficient (Wildman–Crippen LogP) is 4.76. The van der Waals surface area contributed by atoms with Crippen molar-refractivity contribution >= 4 is 28.2 Å². The van der Waals surface area contributed by atoms with Crippen LogP contribution in [0.2, 0.25) is 0 Å². The molecule has 0 N–H and O–H groups in total. The summed E-state index contributed by atoms with van der Waals surface area (Å²) in [5.74, 6) is 0.0388. The molecule has 1 aromatic heterocycles. The van der Waals surface area contributed by atoms with E-state index in [-0.39, 0.29) is 17.6 Å². The number of ketones is 1. The number of carbonyl (C=O) groups is 2. The van der Waals surface area contributed by atoms with Crippen LogP contribution in [0.25, 0.3) is 10.8 Å². The summed E-state index contributed by atoms with van der Waals surface area (Å²) in [6.07, 6.45) is 5.84. The average molecular weight is 368 g/mol. The number of hydrogen-bond donors (Lipinski definition) is 0. The van der Waals surface area contributed by atoms with E-state index in [9.17, 15) is 9.59 Å². The third-order valence-corrected chi connectivity index (χ3v) is 5.79. The van der Waals surface area contributed by atoms with Crippen LogP contribution in [0.4, 0.5) is 5.69 Å². The topological polar surface area (TPSA) is 50.3 Å². The lowest BCUT2D eigenvalue weighted by atomic mass is 9.77. The molecule has 0 radical (unpaired) electrons. The Bertz CT molecular complexity index is 1110. The Morgan fingerprint density at radius 3 is 2.54 bits per heavy atom. The van der Waals surface area contributed by atoms with Crippen LogP contribution < -0.4 is 4.90 Å². The van der Waals surface area contributed by atoms with Gasteiger partial charge in [-0.15, -0.1) is 0 Å². The van der Waals surface area contributed by atoms with Gasteiger partial charge in [0.2, 0.25) is 5.91 Å². The number of amides is 1. The zero-order valence-electron chi connectivity index (χ0n) is 15.5. The monoisotopic (exact) mass is 368 g/mol. The number of fused-ring (bicyclic) bond motifs is 1. The second kappa shape index (κ2) is 6.71. The van der Waals surface area contributed by atoms with Crippen molar-refractivity contribution in [1.29, 1.82) is 0 Å². The third kappa shape index (κ3) is 2.64. The molecule has 28 heavy (non-hydrogen) atoms. The molecule has 2 heterocycles. The number of Topliss-reactive ketones (excluding diaryl/α,β-unsaturated/α-hetero) is 1. The molecule has 1 aliphatic heterocycles. The van der Waals surface area contributed by atoms with Crippen LogP contribution in [-0.4, -0.2) is 16.7 Å². The smallest absolute Gasteiger partial charge is 0.232 e. The van der Waals surface area contributed by atoms with Crippen LogP contribution in [-0.2, 0) is 9.59 Å². The first kappa shape index (κ1) is 16.9. The zero-order chi connectivity index (χ0) is 19.1. The Balaban J connectivity index is 1.72. The summed E-state index contributed by atoms with van der Waals surface area (Å²) in [6, 6.07) is 17.9. The minimum absolute atomic E-state index is 0.0478. The molecule has 138 valence electrons. The highest BCUT2D eigenvalue weighted by molar-refractivity contribution is 6.11. The number of pyridine rings is 1.